The fraction of sp³-hybridized carbons (Fsp3) is 0.609. The summed E-state index contributed by atoms with van der Waals surface area (Å²) >= 11 is 0. The average molecular weight is 1080 g/mol. The fourth-order valence-electron chi connectivity index (χ4n) is 7.22. The molecule has 0 radical (unpaired) electrons. The molecule has 0 aromatic rings. The summed E-state index contributed by atoms with van der Waals surface area (Å²) in [4.78, 5) is 48.5. The minimum atomic E-state index is -4.79. The van der Waals surface area contributed by atoms with Gasteiger partial charge in [-0.3, -0.25) is 23.4 Å². The van der Waals surface area contributed by atoms with Gasteiger partial charge in [0.05, 0.1) is 26.2 Å². The lowest BCUT2D eigenvalue weighted by Gasteiger charge is -2.21. The second kappa shape index (κ2) is 56.8. The molecule has 0 saturated carbocycles. The molecular formula is C64H103O11P. The van der Waals surface area contributed by atoms with E-state index in [0.29, 0.717) is 19.3 Å². The molecule has 0 bridgehead atoms. The van der Waals surface area contributed by atoms with Crippen LogP contribution >= 0.6 is 7.82 Å². The van der Waals surface area contributed by atoms with Crippen molar-refractivity contribution in [3.05, 3.63) is 134 Å². The second-order valence-corrected chi connectivity index (χ2v) is 20.2. The van der Waals surface area contributed by atoms with Crippen LogP contribution in [0.4, 0.5) is 0 Å². The molecule has 0 saturated heterocycles. The molecule has 430 valence electrons. The molecule has 0 aliphatic heterocycles. The van der Waals surface area contributed by atoms with Gasteiger partial charge in [-0.2, -0.15) is 0 Å². The zero-order chi connectivity index (χ0) is 55.5. The number of phosphoric ester groups is 1. The van der Waals surface area contributed by atoms with Crippen LogP contribution in [0.3, 0.4) is 0 Å². The van der Waals surface area contributed by atoms with Crippen molar-refractivity contribution in [2.24, 2.45) is 0 Å². The third-order valence-electron chi connectivity index (χ3n) is 11.6. The summed E-state index contributed by atoms with van der Waals surface area (Å²) in [6.45, 7) is 4.23. The predicted molar refractivity (Wildman–Crippen MR) is 316 cm³/mol. The summed E-state index contributed by atoms with van der Waals surface area (Å²) < 4.78 is 39.4. The average Bonchev–Trinajstić information content (AvgIpc) is 3.41. The molecule has 0 aromatic carbocycles. The summed E-state index contributed by atoms with van der Waals surface area (Å²) in [5, 5.41) is 9.81. The number of allylic oxidation sites excluding steroid dienone is 21. The smallest absolute Gasteiger partial charge is 0.462 e. The van der Waals surface area contributed by atoms with Crippen LogP contribution in [0.15, 0.2) is 134 Å². The van der Waals surface area contributed by atoms with E-state index < -0.39 is 57.8 Å². The van der Waals surface area contributed by atoms with Gasteiger partial charge in [0.25, 0.3) is 0 Å². The fourth-order valence-corrected chi connectivity index (χ4v) is 8.00. The van der Waals surface area contributed by atoms with Gasteiger partial charge in [0.15, 0.2) is 6.10 Å². The number of phosphoric acid groups is 1. The van der Waals surface area contributed by atoms with Gasteiger partial charge in [-0.05, 0) is 116 Å². The van der Waals surface area contributed by atoms with Crippen LogP contribution in [0.1, 0.15) is 213 Å². The summed E-state index contributed by atoms with van der Waals surface area (Å²) in [5.41, 5.74) is 0. The van der Waals surface area contributed by atoms with Gasteiger partial charge in [0.1, 0.15) is 12.7 Å². The second-order valence-electron chi connectivity index (χ2n) is 18.7. The molecule has 0 aromatic heterocycles. The maximum absolute atomic E-state index is 12.9. The third-order valence-corrected chi connectivity index (χ3v) is 12.5. The highest BCUT2D eigenvalue weighted by atomic mass is 31.2. The number of esters is 3. The molecule has 76 heavy (non-hydrogen) atoms. The van der Waals surface area contributed by atoms with Crippen LogP contribution in [0, 0.1) is 0 Å². The number of rotatable bonds is 52. The Kier molecular flexibility index (Phi) is 53.5. The lowest BCUT2D eigenvalue weighted by molar-refractivity contribution is -0.160. The van der Waals surface area contributed by atoms with E-state index in [4.69, 9.17) is 23.3 Å². The van der Waals surface area contributed by atoms with E-state index >= 15 is 0 Å². The van der Waals surface area contributed by atoms with E-state index in [1.54, 1.807) is 6.08 Å². The number of carbonyl (C=O) groups is 3. The van der Waals surface area contributed by atoms with E-state index in [0.717, 1.165) is 128 Å². The van der Waals surface area contributed by atoms with Gasteiger partial charge in [0, 0.05) is 12.8 Å². The monoisotopic (exact) mass is 1080 g/mol. The summed E-state index contributed by atoms with van der Waals surface area (Å²) in [5.74, 6) is -1.66. The van der Waals surface area contributed by atoms with Gasteiger partial charge in [-0.15, -0.1) is 0 Å². The summed E-state index contributed by atoms with van der Waals surface area (Å²) in [7, 11) is -4.79. The summed E-state index contributed by atoms with van der Waals surface area (Å²) in [6, 6.07) is 0. The van der Waals surface area contributed by atoms with E-state index in [2.05, 4.69) is 130 Å². The molecule has 0 rings (SSSR count). The largest absolute Gasteiger partial charge is 0.472 e. The number of hydrogen-bond donors (Lipinski definition) is 2. The Hall–Kier alpha value is -4.38. The Morgan fingerprint density at radius 2 is 0.737 bits per heavy atom. The number of aliphatic hydroxyl groups excluding tert-OH is 1. The van der Waals surface area contributed by atoms with E-state index in [9.17, 15) is 28.9 Å². The number of unbranched alkanes of at least 4 members (excludes halogenated alkanes) is 14. The number of hydrogen-bond acceptors (Lipinski definition) is 10. The van der Waals surface area contributed by atoms with Crippen molar-refractivity contribution in [2.45, 2.75) is 226 Å². The standard InChI is InChI=1S/C64H103O11P/c1-4-7-10-13-16-19-22-25-28-29-30-31-34-35-38-41-44-47-50-53-62(66)71-57-61(75-64(68)55-52-49-46-43-40-37-33-27-24-21-18-15-12-9-6-3)59-73-76(69,70)72-58-60(56-65)74-63(67)54-51-48-45-42-39-36-32-26-23-20-17-14-11-8-5-2/h8-9,11-12,16-21,25-28,30-33,40,43,49,52,60-61,65H,4-7,10,13-15,22-24,29,34-39,41-42,44-48,50-51,53-59H2,1-3H3,(H,69,70)/b11-8-,12-9-,19-16-,20-17-,21-18-,28-25-,31-30-,32-26-,33-27-,43-40-,52-49-. The highest BCUT2D eigenvalue weighted by Crippen LogP contribution is 2.43. The Labute approximate surface area is 461 Å². The van der Waals surface area contributed by atoms with Crippen molar-refractivity contribution in [3.8, 4) is 0 Å². The van der Waals surface area contributed by atoms with Gasteiger partial charge in [-0.1, -0.05) is 212 Å². The molecule has 0 aliphatic carbocycles. The van der Waals surface area contributed by atoms with E-state index in [1.165, 1.54) is 25.7 Å². The molecular weight excluding hydrogens is 976 g/mol. The topological polar surface area (TPSA) is 155 Å². The highest BCUT2D eigenvalue weighted by Gasteiger charge is 2.28. The van der Waals surface area contributed by atoms with Crippen LogP contribution < -0.4 is 0 Å². The molecule has 3 atom stereocenters. The lowest BCUT2D eigenvalue weighted by atomic mass is 10.1. The Bertz CT molecular complexity index is 1780. The van der Waals surface area contributed by atoms with Crippen molar-refractivity contribution < 1.29 is 52.2 Å². The maximum atomic E-state index is 12.9. The van der Waals surface area contributed by atoms with Gasteiger partial charge in [-0.25, -0.2) is 4.57 Å². The normalized spacial score (nSPS) is 14.3. The zero-order valence-corrected chi connectivity index (χ0v) is 48.3. The quantitative estimate of drug-likeness (QED) is 0.0197. The Balaban J connectivity index is 4.86. The molecule has 12 heteroatoms. The third kappa shape index (κ3) is 54.4. The first-order valence-electron chi connectivity index (χ1n) is 29.1. The first kappa shape index (κ1) is 71.6. The minimum Gasteiger partial charge on any atom is -0.462 e. The van der Waals surface area contributed by atoms with Gasteiger partial charge < -0.3 is 24.2 Å². The van der Waals surface area contributed by atoms with Crippen molar-refractivity contribution in [1.82, 2.24) is 0 Å². The number of ether oxygens (including phenoxy) is 3. The van der Waals surface area contributed by atoms with Crippen molar-refractivity contribution in [3.63, 3.8) is 0 Å². The number of carbonyl (C=O) groups excluding carboxylic acids is 3. The van der Waals surface area contributed by atoms with Crippen LogP contribution in [0.25, 0.3) is 0 Å². The first-order chi connectivity index (χ1) is 37.2. The predicted octanol–water partition coefficient (Wildman–Crippen LogP) is 17.4. The van der Waals surface area contributed by atoms with Crippen molar-refractivity contribution >= 4 is 25.7 Å². The van der Waals surface area contributed by atoms with Gasteiger partial charge >= 0.3 is 25.7 Å². The highest BCUT2D eigenvalue weighted by molar-refractivity contribution is 7.47. The zero-order valence-electron chi connectivity index (χ0n) is 47.4. The van der Waals surface area contributed by atoms with Crippen LogP contribution in [0.5, 0.6) is 0 Å². The SMILES string of the molecule is CC/C=C\C/C=C\C/C=C\C/C=C\C/C=C\CC(=O)OC(COC(=O)CCCCCCCC/C=C\C/C=C\C/C=C\CCCCC)COP(=O)(O)OCC(CO)OC(=O)CCCCCCC/C=C\C/C=C\C/C=C\CC. The van der Waals surface area contributed by atoms with Crippen molar-refractivity contribution in [2.75, 3.05) is 26.4 Å². The van der Waals surface area contributed by atoms with Crippen LogP contribution in [-0.4, -0.2) is 66.5 Å². The van der Waals surface area contributed by atoms with E-state index in [1.807, 2.05) is 18.2 Å². The molecule has 0 heterocycles. The van der Waals surface area contributed by atoms with Gasteiger partial charge in [0.2, 0.25) is 0 Å². The summed E-state index contributed by atoms with van der Waals surface area (Å²) in [6.07, 6.45) is 71.5. The Morgan fingerprint density at radius 3 is 1.16 bits per heavy atom. The molecule has 0 amide bonds. The Morgan fingerprint density at radius 1 is 0.395 bits per heavy atom. The van der Waals surface area contributed by atoms with E-state index in [-0.39, 0.29) is 25.9 Å². The molecule has 0 aliphatic rings. The first-order valence-corrected chi connectivity index (χ1v) is 30.6. The molecule has 0 spiro atoms. The van der Waals surface area contributed by atoms with Crippen molar-refractivity contribution in [1.29, 1.82) is 0 Å². The van der Waals surface area contributed by atoms with Crippen LogP contribution in [-0.2, 0) is 42.2 Å². The maximum Gasteiger partial charge on any atom is 0.472 e. The minimum absolute atomic E-state index is 0.0759. The molecule has 2 N–H and O–H groups in total. The molecule has 11 nitrogen and oxygen atoms in total. The van der Waals surface area contributed by atoms with Crippen LogP contribution in [0.2, 0.25) is 0 Å². The lowest BCUT2D eigenvalue weighted by Crippen LogP contribution is -2.30. The molecule has 0 fully saturated rings. The molecule has 3 unspecified atom stereocenters. The number of aliphatic hydroxyl groups is 1.